The number of phenols is 1. The van der Waals surface area contributed by atoms with Gasteiger partial charge in [0.15, 0.2) is 0 Å². The standard InChI is InChI=1S/C13H16O6/c1-3-18-13(17)11-9(5-4-6-10(11)15)12(16)19-7-8(2)14/h4-6,8,14-15H,3,7H2,1-2H3. The van der Waals surface area contributed by atoms with Gasteiger partial charge in [-0.2, -0.15) is 0 Å². The van der Waals surface area contributed by atoms with Gasteiger partial charge in [-0.3, -0.25) is 0 Å². The highest BCUT2D eigenvalue weighted by molar-refractivity contribution is 6.05. The summed E-state index contributed by atoms with van der Waals surface area (Å²) in [5, 5.41) is 18.7. The molecule has 19 heavy (non-hydrogen) atoms. The minimum Gasteiger partial charge on any atom is -0.507 e. The molecular weight excluding hydrogens is 252 g/mol. The van der Waals surface area contributed by atoms with E-state index in [0.717, 1.165) is 0 Å². The molecule has 2 N–H and O–H groups in total. The van der Waals surface area contributed by atoms with E-state index in [2.05, 4.69) is 0 Å². The van der Waals surface area contributed by atoms with Crippen LogP contribution in [-0.4, -0.2) is 41.5 Å². The van der Waals surface area contributed by atoms with Gasteiger partial charge in [0, 0.05) is 0 Å². The van der Waals surface area contributed by atoms with Crippen LogP contribution in [0.4, 0.5) is 0 Å². The monoisotopic (exact) mass is 268 g/mol. The van der Waals surface area contributed by atoms with Gasteiger partial charge < -0.3 is 19.7 Å². The summed E-state index contributed by atoms with van der Waals surface area (Å²) in [5.41, 5.74) is -0.334. The lowest BCUT2D eigenvalue weighted by Gasteiger charge is -2.11. The summed E-state index contributed by atoms with van der Waals surface area (Å²) in [6.45, 7) is 3.00. The number of aromatic hydroxyl groups is 1. The molecule has 1 rings (SSSR count). The average Bonchev–Trinajstić information content (AvgIpc) is 2.35. The van der Waals surface area contributed by atoms with E-state index in [-0.39, 0.29) is 30.1 Å². The predicted molar refractivity (Wildman–Crippen MR) is 66.0 cm³/mol. The number of esters is 2. The van der Waals surface area contributed by atoms with Crippen molar-refractivity contribution in [2.45, 2.75) is 20.0 Å². The van der Waals surface area contributed by atoms with E-state index in [1.807, 2.05) is 0 Å². The normalized spacial score (nSPS) is 11.7. The summed E-state index contributed by atoms with van der Waals surface area (Å²) in [5.74, 6) is -1.96. The highest BCUT2D eigenvalue weighted by Crippen LogP contribution is 2.23. The van der Waals surface area contributed by atoms with Crippen LogP contribution in [0.1, 0.15) is 34.6 Å². The average molecular weight is 268 g/mol. The second-order valence-electron chi connectivity index (χ2n) is 3.87. The van der Waals surface area contributed by atoms with Crippen LogP contribution >= 0.6 is 0 Å². The smallest absolute Gasteiger partial charge is 0.342 e. The number of rotatable bonds is 5. The minimum absolute atomic E-state index is 0.0981. The molecule has 6 nitrogen and oxygen atoms in total. The molecule has 0 aliphatic rings. The van der Waals surface area contributed by atoms with Crippen LogP contribution in [0, 0.1) is 0 Å². The predicted octanol–water partition coefficient (Wildman–Crippen LogP) is 1.11. The molecule has 0 spiro atoms. The van der Waals surface area contributed by atoms with Crippen molar-refractivity contribution in [2.75, 3.05) is 13.2 Å². The fraction of sp³-hybridized carbons (Fsp3) is 0.385. The van der Waals surface area contributed by atoms with Crippen LogP contribution in [0.3, 0.4) is 0 Å². The zero-order valence-electron chi connectivity index (χ0n) is 10.8. The van der Waals surface area contributed by atoms with Crippen molar-refractivity contribution in [3.63, 3.8) is 0 Å². The third-order valence-electron chi connectivity index (χ3n) is 2.20. The van der Waals surface area contributed by atoms with Crippen molar-refractivity contribution in [3.05, 3.63) is 29.3 Å². The van der Waals surface area contributed by atoms with Crippen LogP contribution in [-0.2, 0) is 9.47 Å². The van der Waals surface area contributed by atoms with Crippen molar-refractivity contribution < 1.29 is 29.3 Å². The largest absolute Gasteiger partial charge is 0.507 e. The summed E-state index contributed by atoms with van der Waals surface area (Å²) in [7, 11) is 0. The van der Waals surface area contributed by atoms with E-state index in [0.29, 0.717) is 0 Å². The van der Waals surface area contributed by atoms with E-state index >= 15 is 0 Å². The van der Waals surface area contributed by atoms with E-state index in [9.17, 15) is 14.7 Å². The number of aliphatic hydroxyl groups is 1. The van der Waals surface area contributed by atoms with E-state index in [4.69, 9.17) is 14.6 Å². The zero-order valence-corrected chi connectivity index (χ0v) is 10.8. The number of hydrogen-bond acceptors (Lipinski definition) is 6. The Kier molecular flexibility index (Phi) is 5.32. The zero-order chi connectivity index (χ0) is 14.4. The van der Waals surface area contributed by atoms with Crippen LogP contribution < -0.4 is 0 Å². The maximum Gasteiger partial charge on any atom is 0.342 e. The van der Waals surface area contributed by atoms with Gasteiger partial charge in [-0.05, 0) is 26.0 Å². The number of hydrogen-bond donors (Lipinski definition) is 2. The third kappa shape index (κ3) is 3.96. The first-order valence-electron chi connectivity index (χ1n) is 5.81. The maximum absolute atomic E-state index is 11.8. The Morgan fingerprint density at radius 1 is 1.26 bits per heavy atom. The van der Waals surface area contributed by atoms with Gasteiger partial charge in [0.1, 0.15) is 17.9 Å². The molecule has 1 unspecified atom stereocenters. The van der Waals surface area contributed by atoms with Crippen LogP contribution in [0.25, 0.3) is 0 Å². The molecule has 1 atom stereocenters. The second-order valence-corrected chi connectivity index (χ2v) is 3.87. The van der Waals surface area contributed by atoms with Crippen molar-refractivity contribution >= 4 is 11.9 Å². The topological polar surface area (TPSA) is 93.1 Å². The first-order valence-corrected chi connectivity index (χ1v) is 5.81. The highest BCUT2D eigenvalue weighted by atomic mass is 16.5. The molecule has 0 heterocycles. The molecule has 0 bridgehead atoms. The van der Waals surface area contributed by atoms with E-state index < -0.39 is 18.0 Å². The Balaban J connectivity index is 3.03. The lowest BCUT2D eigenvalue weighted by atomic mass is 10.1. The lowest BCUT2D eigenvalue weighted by Crippen LogP contribution is -2.18. The van der Waals surface area contributed by atoms with Gasteiger partial charge >= 0.3 is 11.9 Å². The van der Waals surface area contributed by atoms with Crippen molar-refractivity contribution in [1.82, 2.24) is 0 Å². The quantitative estimate of drug-likeness (QED) is 0.777. The molecule has 0 aliphatic carbocycles. The number of benzene rings is 1. The molecule has 0 radical (unpaired) electrons. The molecule has 1 aromatic carbocycles. The van der Waals surface area contributed by atoms with Crippen LogP contribution in [0.15, 0.2) is 18.2 Å². The Morgan fingerprint density at radius 3 is 2.53 bits per heavy atom. The number of aliphatic hydroxyl groups excluding tert-OH is 1. The van der Waals surface area contributed by atoms with Crippen LogP contribution in [0.2, 0.25) is 0 Å². The van der Waals surface area contributed by atoms with Gasteiger partial charge in [0.25, 0.3) is 0 Å². The molecular formula is C13H16O6. The van der Waals surface area contributed by atoms with Gasteiger partial charge in [0.05, 0.1) is 18.3 Å². The molecule has 0 amide bonds. The fourth-order valence-electron chi connectivity index (χ4n) is 1.40. The summed E-state index contributed by atoms with van der Waals surface area (Å²) in [6, 6.07) is 4.03. The van der Waals surface area contributed by atoms with Crippen molar-refractivity contribution in [1.29, 1.82) is 0 Å². The van der Waals surface area contributed by atoms with Gasteiger partial charge in [-0.25, -0.2) is 9.59 Å². The minimum atomic E-state index is -0.813. The SMILES string of the molecule is CCOC(=O)c1c(O)cccc1C(=O)OCC(C)O. The molecule has 0 saturated heterocycles. The Bertz CT molecular complexity index is 466. The van der Waals surface area contributed by atoms with E-state index in [1.54, 1.807) is 6.92 Å². The molecule has 0 aromatic heterocycles. The number of carbonyl (C=O) groups excluding carboxylic acids is 2. The molecule has 0 saturated carbocycles. The molecule has 1 aromatic rings. The van der Waals surface area contributed by atoms with Crippen molar-refractivity contribution in [2.24, 2.45) is 0 Å². The lowest BCUT2D eigenvalue weighted by molar-refractivity contribution is 0.0288. The third-order valence-corrected chi connectivity index (χ3v) is 2.20. The van der Waals surface area contributed by atoms with Gasteiger partial charge in [-0.1, -0.05) is 6.07 Å². The van der Waals surface area contributed by atoms with Gasteiger partial charge in [-0.15, -0.1) is 0 Å². The summed E-state index contributed by atoms with van der Waals surface area (Å²) in [4.78, 5) is 23.5. The summed E-state index contributed by atoms with van der Waals surface area (Å²) in [6.07, 6.45) is -0.813. The summed E-state index contributed by atoms with van der Waals surface area (Å²) >= 11 is 0. The summed E-state index contributed by atoms with van der Waals surface area (Å²) < 4.78 is 9.57. The maximum atomic E-state index is 11.8. The number of phenolic OH excluding ortho intramolecular Hbond substituents is 1. The Hall–Kier alpha value is -2.08. The van der Waals surface area contributed by atoms with E-state index in [1.165, 1.54) is 25.1 Å². The van der Waals surface area contributed by atoms with Crippen LogP contribution in [0.5, 0.6) is 5.75 Å². The van der Waals surface area contributed by atoms with Gasteiger partial charge in [0.2, 0.25) is 0 Å². The number of carbonyl (C=O) groups is 2. The first-order chi connectivity index (χ1) is 8.97. The first kappa shape index (κ1) is 15.0. The van der Waals surface area contributed by atoms with Crippen molar-refractivity contribution in [3.8, 4) is 5.75 Å². The number of ether oxygens (including phenoxy) is 2. The highest BCUT2D eigenvalue weighted by Gasteiger charge is 2.23. The molecule has 104 valence electrons. The molecule has 0 fully saturated rings. The Labute approximate surface area is 110 Å². The fourth-order valence-corrected chi connectivity index (χ4v) is 1.40. The molecule has 6 heteroatoms. The Morgan fingerprint density at radius 2 is 1.95 bits per heavy atom. The second kappa shape index (κ2) is 6.75. The molecule has 0 aliphatic heterocycles.